The van der Waals surface area contributed by atoms with Gasteiger partial charge in [0.2, 0.25) is 0 Å². The highest BCUT2D eigenvalue weighted by atomic mass is 35.5. The minimum absolute atomic E-state index is 0.0307. The van der Waals surface area contributed by atoms with Gasteiger partial charge in [-0.05, 0) is 24.3 Å². The highest BCUT2D eigenvalue weighted by molar-refractivity contribution is 7.92. The predicted octanol–water partition coefficient (Wildman–Crippen LogP) is 3.10. The maximum absolute atomic E-state index is 12.6. The Morgan fingerprint density at radius 3 is 2.52 bits per heavy atom. The predicted molar refractivity (Wildman–Crippen MR) is 94.4 cm³/mol. The molecule has 0 amide bonds. The van der Waals surface area contributed by atoms with Crippen LogP contribution in [0.3, 0.4) is 0 Å². The fourth-order valence-corrected chi connectivity index (χ4v) is 4.94. The second-order valence-corrected chi connectivity index (χ2v) is 9.02. The van der Waals surface area contributed by atoms with Gasteiger partial charge in [-0.1, -0.05) is 41.0 Å². The van der Waals surface area contributed by atoms with Crippen molar-refractivity contribution in [2.45, 2.75) is 15.5 Å². The second-order valence-electron chi connectivity index (χ2n) is 5.20. The normalized spacial score (nSPS) is 12.9. The zero-order valence-corrected chi connectivity index (χ0v) is 15.4. The van der Waals surface area contributed by atoms with Gasteiger partial charge in [-0.25, -0.2) is 8.42 Å². The van der Waals surface area contributed by atoms with Crippen LogP contribution in [0.25, 0.3) is 11.5 Å². The lowest BCUT2D eigenvalue weighted by atomic mass is 10.2. The van der Waals surface area contributed by atoms with Gasteiger partial charge in [0.05, 0.1) is 36.9 Å². The summed E-state index contributed by atoms with van der Waals surface area (Å²) in [7, 11) is -5.13. The van der Waals surface area contributed by atoms with Crippen molar-refractivity contribution in [3.05, 3.63) is 59.4 Å². The van der Waals surface area contributed by atoms with E-state index in [0.29, 0.717) is 10.6 Å². The van der Waals surface area contributed by atoms with Crippen molar-refractivity contribution >= 4 is 32.2 Å². The Balaban J connectivity index is 1.88. The highest BCUT2D eigenvalue weighted by Crippen LogP contribution is 2.26. The number of benzene rings is 2. The van der Waals surface area contributed by atoms with Crippen LogP contribution in [0.5, 0.6) is 0 Å². The average Bonchev–Trinajstić information content (AvgIpc) is 3.02. The summed E-state index contributed by atoms with van der Waals surface area (Å²) in [6, 6.07) is 13.1. The van der Waals surface area contributed by atoms with Crippen LogP contribution in [0.4, 0.5) is 0 Å². The molecule has 3 aromatic rings. The zero-order chi connectivity index (χ0) is 18.0. The summed E-state index contributed by atoms with van der Waals surface area (Å²) in [6.45, 7) is 0. The van der Waals surface area contributed by atoms with Crippen LogP contribution < -0.4 is 0 Å². The van der Waals surface area contributed by atoms with E-state index in [2.05, 4.69) is 10.1 Å². The van der Waals surface area contributed by atoms with Crippen LogP contribution in [0, 0.1) is 0 Å². The summed E-state index contributed by atoms with van der Waals surface area (Å²) in [4.78, 5) is 4.44. The Morgan fingerprint density at radius 2 is 1.80 bits per heavy atom. The van der Waals surface area contributed by atoms with E-state index in [1.807, 2.05) is 0 Å². The molecule has 1 heterocycles. The molecule has 130 valence electrons. The zero-order valence-electron chi connectivity index (χ0n) is 13.0. The molecule has 6 nitrogen and oxygen atoms in total. The summed E-state index contributed by atoms with van der Waals surface area (Å²) >= 11 is 6.09. The van der Waals surface area contributed by atoms with Crippen molar-refractivity contribution in [2.75, 3.05) is 6.26 Å². The molecule has 2 aromatic carbocycles. The minimum atomic E-state index is -3.49. The monoisotopic (exact) mass is 396 g/mol. The lowest BCUT2D eigenvalue weighted by Gasteiger charge is -2.05. The van der Waals surface area contributed by atoms with Gasteiger partial charge in [0.1, 0.15) is 0 Å². The molecule has 3 rings (SSSR count). The van der Waals surface area contributed by atoms with E-state index in [1.165, 1.54) is 12.1 Å². The Hall–Kier alpha value is -2.03. The molecule has 0 bridgehead atoms. The molecule has 0 aliphatic carbocycles. The first kappa shape index (κ1) is 17.8. The fraction of sp³-hybridized carbons (Fsp3) is 0.125. The molecular formula is C16H13ClN2O4S2. The van der Waals surface area contributed by atoms with Crippen molar-refractivity contribution in [3.63, 3.8) is 0 Å². The number of hydrogen-bond donors (Lipinski definition) is 0. The van der Waals surface area contributed by atoms with E-state index in [0.717, 1.165) is 6.26 Å². The van der Waals surface area contributed by atoms with Gasteiger partial charge in [0, 0.05) is 6.26 Å². The van der Waals surface area contributed by atoms with E-state index < -0.39 is 20.6 Å². The molecular weight excluding hydrogens is 384 g/mol. The first-order chi connectivity index (χ1) is 11.9. The Bertz CT molecular complexity index is 1050. The molecule has 0 fully saturated rings. The Kier molecular flexibility index (Phi) is 5.03. The van der Waals surface area contributed by atoms with Gasteiger partial charge in [0.25, 0.3) is 5.89 Å². The first-order valence-electron chi connectivity index (χ1n) is 7.11. The van der Waals surface area contributed by atoms with E-state index in [-0.39, 0.29) is 27.3 Å². The van der Waals surface area contributed by atoms with E-state index in [1.54, 1.807) is 36.4 Å². The minimum Gasteiger partial charge on any atom is -0.334 e. The summed E-state index contributed by atoms with van der Waals surface area (Å²) in [5.41, 5.74) is 0.574. The van der Waals surface area contributed by atoms with Crippen molar-refractivity contribution in [2.24, 2.45) is 0 Å². The standard InChI is InChI=1S/C16H13ClN2O4S2/c1-25(21,22)14-9-5-4-8-13(14)24(20)10-15-18-16(23-19-15)11-6-2-3-7-12(11)17/h2-9H,10H2,1H3. The van der Waals surface area contributed by atoms with Crippen LogP contribution in [0.15, 0.2) is 62.8 Å². The van der Waals surface area contributed by atoms with Gasteiger partial charge in [-0.3, -0.25) is 4.21 Å². The molecule has 1 aromatic heterocycles. The van der Waals surface area contributed by atoms with E-state index >= 15 is 0 Å². The molecule has 0 aliphatic rings. The third-order valence-corrected chi connectivity index (χ3v) is 6.31. The van der Waals surface area contributed by atoms with Crippen molar-refractivity contribution in [1.82, 2.24) is 10.1 Å². The SMILES string of the molecule is CS(=O)(=O)c1ccccc1S(=O)Cc1noc(-c2ccccc2Cl)n1. The molecule has 1 atom stereocenters. The summed E-state index contributed by atoms with van der Waals surface area (Å²) in [5, 5.41) is 4.26. The van der Waals surface area contributed by atoms with Crippen LogP contribution >= 0.6 is 11.6 Å². The van der Waals surface area contributed by atoms with Gasteiger partial charge in [0.15, 0.2) is 15.7 Å². The van der Waals surface area contributed by atoms with Crippen LogP contribution in [0.1, 0.15) is 5.82 Å². The van der Waals surface area contributed by atoms with Crippen molar-refractivity contribution in [1.29, 1.82) is 0 Å². The van der Waals surface area contributed by atoms with Gasteiger partial charge in [-0.15, -0.1) is 0 Å². The maximum atomic E-state index is 12.6. The van der Waals surface area contributed by atoms with Crippen LogP contribution in [-0.2, 0) is 26.4 Å². The second kappa shape index (κ2) is 7.07. The van der Waals surface area contributed by atoms with Crippen LogP contribution in [-0.4, -0.2) is 29.0 Å². The molecule has 0 N–H and O–H groups in total. The number of nitrogens with zero attached hydrogens (tertiary/aromatic N) is 2. The Labute approximate surface area is 152 Å². The molecule has 1 unspecified atom stereocenters. The summed E-state index contributed by atoms with van der Waals surface area (Å²) in [5.74, 6) is 0.353. The third-order valence-electron chi connectivity index (χ3n) is 3.33. The molecule has 0 aliphatic heterocycles. The van der Waals surface area contributed by atoms with Gasteiger partial charge < -0.3 is 4.52 Å². The van der Waals surface area contributed by atoms with Crippen molar-refractivity contribution < 1.29 is 17.1 Å². The Morgan fingerprint density at radius 1 is 1.12 bits per heavy atom. The molecule has 0 radical (unpaired) electrons. The number of hydrogen-bond acceptors (Lipinski definition) is 6. The maximum Gasteiger partial charge on any atom is 0.259 e. The quantitative estimate of drug-likeness (QED) is 0.658. The topological polar surface area (TPSA) is 90.1 Å². The fourth-order valence-electron chi connectivity index (χ4n) is 2.20. The lowest BCUT2D eigenvalue weighted by molar-refractivity contribution is 0.425. The van der Waals surface area contributed by atoms with E-state index in [4.69, 9.17) is 16.1 Å². The number of aromatic nitrogens is 2. The summed E-state index contributed by atoms with van der Waals surface area (Å²) < 4.78 is 41.4. The number of sulfone groups is 1. The first-order valence-corrected chi connectivity index (χ1v) is 10.7. The number of rotatable bonds is 5. The highest BCUT2D eigenvalue weighted by Gasteiger charge is 2.20. The number of halogens is 1. The largest absolute Gasteiger partial charge is 0.334 e. The summed E-state index contributed by atoms with van der Waals surface area (Å²) in [6.07, 6.45) is 1.08. The molecule has 0 saturated heterocycles. The molecule has 25 heavy (non-hydrogen) atoms. The molecule has 9 heteroatoms. The lowest BCUT2D eigenvalue weighted by Crippen LogP contribution is -2.06. The third kappa shape index (κ3) is 3.97. The van der Waals surface area contributed by atoms with Crippen LogP contribution in [0.2, 0.25) is 5.02 Å². The molecule has 0 saturated carbocycles. The van der Waals surface area contributed by atoms with Gasteiger partial charge in [-0.2, -0.15) is 4.98 Å². The average molecular weight is 397 g/mol. The van der Waals surface area contributed by atoms with E-state index in [9.17, 15) is 12.6 Å². The molecule has 0 spiro atoms. The smallest absolute Gasteiger partial charge is 0.259 e. The van der Waals surface area contributed by atoms with Crippen molar-refractivity contribution in [3.8, 4) is 11.5 Å². The van der Waals surface area contributed by atoms with Gasteiger partial charge >= 0.3 is 0 Å².